The van der Waals surface area contributed by atoms with Crippen LogP contribution < -0.4 is 10.5 Å². The molecule has 0 aliphatic heterocycles. The van der Waals surface area contributed by atoms with Crippen molar-refractivity contribution in [1.82, 2.24) is 0 Å². The van der Waals surface area contributed by atoms with Crippen molar-refractivity contribution in [2.75, 3.05) is 7.11 Å². The lowest BCUT2D eigenvalue weighted by Crippen LogP contribution is -1.95. The van der Waals surface area contributed by atoms with Gasteiger partial charge < -0.3 is 10.5 Å². The minimum Gasteiger partial charge on any atom is -0.495 e. The minimum absolute atomic E-state index is 0.563. The first-order valence-electron chi connectivity index (χ1n) is 6.25. The molecule has 20 heavy (non-hydrogen) atoms. The van der Waals surface area contributed by atoms with Gasteiger partial charge in [0, 0.05) is 17.2 Å². The number of hydrogen-bond acceptors (Lipinski definition) is 4. The molecule has 2 aromatic rings. The highest BCUT2D eigenvalue weighted by atomic mass is 32.2. The lowest BCUT2D eigenvalue weighted by atomic mass is 10.1. The fraction of sp³-hybridized carbons (Fsp3) is 0.188. The summed E-state index contributed by atoms with van der Waals surface area (Å²) in [5.74, 6) is 1.47. The summed E-state index contributed by atoms with van der Waals surface area (Å²) in [5.41, 5.74) is 8.41. The van der Waals surface area contributed by atoms with E-state index in [1.807, 2.05) is 24.3 Å². The van der Waals surface area contributed by atoms with Crippen LogP contribution in [0.4, 0.5) is 0 Å². The third-order valence-electron chi connectivity index (χ3n) is 2.95. The van der Waals surface area contributed by atoms with Gasteiger partial charge in [-0.1, -0.05) is 18.2 Å². The molecular weight excluding hydrogens is 268 g/mol. The Balaban J connectivity index is 2.05. The van der Waals surface area contributed by atoms with E-state index in [0.29, 0.717) is 17.9 Å². The highest BCUT2D eigenvalue weighted by molar-refractivity contribution is 7.98. The molecule has 0 atom stereocenters. The number of nitrogens with two attached hydrogens (primary N) is 1. The quantitative estimate of drug-likeness (QED) is 0.856. The van der Waals surface area contributed by atoms with E-state index in [-0.39, 0.29) is 0 Å². The average molecular weight is 284 g/mol. The normalized spacial score (nSPS) is 10.1. The molecule has 3 nitrogen and oxygen atoms in total. The topological polar surface area (TPSA) is 59.0 Å². The van der Waals surface area contributed by atoms with Gasteiger partial charge in [0.1, 0.15) is 11.8 Å². The Kier molecular flexibility index (Phi) is 5.05. The standard InChI is InChI=1S/C16H16N2OS/c1-19-16-8-13(2-5-14(16)10-18)11-20-15-6-3-12(9-17)4-7-15/h2-8H,9,11,17H2,1H3. The van der Waals surface area contributed by atoms with Crippen LogP contribution in [-0.4, -0.2) is 7.11 Å². The number of methoxy groups -OCH3 is 1. The first kappa shape index (κ1) is 14.4. The summed E-state index contributed by atoms with van der Waals surface area (Å²) >= 11 is 1.75. The van der Waals surface area contributed by atoms with Gasteiger partial charge in [-0.25, -0.2) is 0 Å². The Labute approximate surface area is 123 Å². The van der Waals surface area contributed by atoms with E-state index in [1.54, 1.807) is 24.9 Å². The summed E-state index contributed by atoms with van der Waals surface area (Å²) in [5, 5.41) is 8.95. The maximum Gasteiger partial charge on any atom is 0.136 e. The summed E-state index contributed by atoms with van der Waals surface area (Å²) in [6.07, 6.45) is 0. The van der Waals surface area contributed by atoms with Crippen LogP contribution in [0.15, 0.2) is 47.4 Å². The Morgan fingerprint density at radius 2 is 1.85 bits per heavy atom. The summed E-state index contributed by atoms with van der Waals surface area (Å²) in [7, 11) is 1.58. The van der Waals surface area contributed by atoms with Gasteiger partial charge >= 0.3 is 0 Å². The monoisotopic (exact) mass is 284 g/mol. The van der Waals surface area contributed by atoms with E-state index >= 15 is 0 Å². The second-order valence-corrected chi connectivity index (χ2v) is 5.33. The van der Waals surface area contributed by atoms with E-state index in [4.69, 9.17) is 15.7 Å². The number of thioether (sulfide) groups is 1. The van der Waals surface area contributed by atoms with E-state index < -0.39 is 0 Å². The van der Waals surface area contributed by atoms with Crippen molar-refractivity contribution in [2.45, 2.75) is 17.2 Å². The van der Waals surface area contributed by atoms with E-state index in [0.717, 1.165) is 16.9 Å². The van der Waals surface area contributed by atoms with E-state index in [1.165, 1.54) is 4.90 Å². The highest BCUT2D eigenvalue weighted by Crippen LogP contribution is 2.26. The molecule has 102 valence electrons. The van der Waals surface area contributed by atoms with Crippen LogP contribution in [0.5, 0.6) is 5.75 Å². The first-order chi connectivity index (χ1) is 9.76. The lowest BCUT2D eigenvalue weighted by molar-refractivity contribution is 0.413. The Hall–Kier alpha value is -1.96. The van der Waals surface area contributed by atoms with Gasteiger partial charge in [0.2, 0.25) is 0 Å². The molecule has 2 aromatic carbocycles. The third-order valence-corrected chi connectivity index (χ3v) is 4.03. The molecule has 0 unspecified atom stereocenters. The summed E-state index contributed by atoms with van der Waals surface area (Å²) < 4.78 is 5.21. The summed E-state index contributed by atoms with van der Waals surface area (Å²) in [4.78, 5) is 1.20. The lowest BCUT2D eigenvalue weighted by Gasteiger charge is -2.07. The number of rotatable bonds is 5. The molecule has 0 heterocycles. The van der Waals surface area contributed by atoms with Crippen molar-refractivity contribution in [3.63, 3.8) is 0 Å². The van der Waals surface area contributed by atoms with Crippen LogP contribution in [0.1, 0.15) is 16.7 Å². The van der Waals surface area contributed by atoms with Crippen LogP contribution in [0.2, 0.25) is 0 Å². The number of nitrogens with zero attached hydrogens (tertiary/aromatic N) is 1. The van der Waals surface area contributed by atoms with Gasteiger partial charge in [-0.2, -0.15) is 5.26 Å². The predicted molar refractivity (Wildman–Crippen MR) is 81.6 cm³/mol. The van der Waals surface area contributed by atoms with Crippen molar-refractivity contribution in [1.29, 1.82) is 5.26 Å². The molecule has 0 saturated carbocycles. The third kappa shape index (κ3) is 3.53. The van der Waals surface area contributed by atoms with E-state index in [9.17, 15) is 0 Å². The molecule has 0 amide bonds. The number of hydrogen-bond donors (Lipinski definition) is 1. The molecule has 0 bridgehead atoms. The van der Waals surface area contributed by atoms with Crippen molar-refractivity contribution in [2.24, 2.45) is 5.73 Å². The molecule has 0 aromatic heterocycles. The fourth-order valence-corrected chi connectivity index (χ4v) is 2.65. The second kappa shape index (κ2) is 6.99. The van der Waals surface area contributed by atoms with Crippen LogP contribution in [0.25, 0.3) is 0 Å². The van der Waals surface area contributed by atoms with Gasteiger partial charge in [-0.3, -0.25) is 0 Å². The van der Waals surface area contributed by atoms with Gasteiger partial charge in [0.25, 0.3) is 0 Å². The number of nitriles is 1. The van der Waals surface area contributed by atoms with Gasteiger partial charge in [0.15, 0.2) is 0 Å². The van der Waals surface area contributed by atoms with Crippen molar-refractivity contribution in [3.05, 3.63) is 59.2 Å². The molecule has 0 fully saturated rings. The van der Waals surface area contributed by atoms with Crippen LogP contribution >= 0.6 is 11.8 Å². The molecule has 0 spiro atoms. The molecular formula is C16H16N2OS. The summed E-state index contributed by atoms with van der Waals surface area (Å²) in [6.45, 7) is 0.567. The Bertz CT molecular complexity index is 617. The Morgan fingerprint density at radius 3 is 2.45 bits per heavy atom. The minimum atomic E-state index is 0.563. The average Bonchev–Trinajstić information content (AvgIpc) is 2.53. The SMILES string of the molecule is COc1cc(CSc2ccc(CN)cc2)ccc1C#N. The zero-order valence-corrected chi connectivity index (χ0v) is 12.1. The van der Waals surface area contributed by atoms with Crippen LogP contribution in [0.3, 0.4) is 0 Å². The molecule has 0 saturated heterocycles. The number of ether oxygens (including phenoxy) is 1. The molecule has 4 heteroatoms. The zero-order chi connectivity index (χ0) is 14.4. The molecule has 2 rings (SSSR count). The van der Waals surface area contributed by atoms with Crippen molar-refractivity contribution < 1.29 is 4.74 Å². The van der Waals surface area contributed by atoms with Crippen molar-refractivity contribution >= 4 is 11.8 Å². The van der Waals surface area contributed by atoms with Gasteiger partial charge in [0.05, 0.1) is 12.7 Å². The van der Waals surface area contributed by atoms with E-state index in [2.05, 4.69) is 18.2 Å². The predicted octanol–water partition coefficient (Wildman–Crippen LogP) is 3.32. The van der Waals surface area contributed by atoms with Gasteiger partial charge in [-0.15, -0.1) is 11.8 Å². The molecule has 0 aliphatic carbocycles. The highest BCUT2D eigenvalue weighted by Gasteiger charge is 2.04. The molecule has 0 radical (unpaired) electrons. The largest absolute Gasteiger partial charge is 0.495 e. The second-order valence-electron chi connectivity index (χ2n) is 4.28. The maximum atomic E-state index is 8.95. The zero-order valence-electron chi connectivity index (χ0n) is 11.3. The number of benzene rings is 2. The summed E-state index contributed by atoms with van der Waals surface area (Å²) in [6, 6.07) is 16.0. The molecule has 2 N–H and O–H groups in total. The molecule has 0 aliphatic rings. The maximum absolute atomic E-state index is 8.95. The van der Waals surface area contributed by atoms with Crippen LogP contribution in [-0.2, 0) is 12.3 Å². The van der Waals surface area contributed by atoms with Crippen molar-refractivity contribution in [3.8, 4) is 11.8 Å². The Morgan fingerprint density at radius 1 is 1.15 bits per heavy atom. The first-order valence-corrected chi connectivity index (χ1v) is 7.24. The fourth-order valence-electron chi connectivity index (χ4n) is 1.81. The van der Waals surface area contributed by atoms with Crippen LogP contribution in [0, 0.1) is 11.3 Å². The van der Waals surface area contributed by atoms with Gasteiger partial charge in [-0.05, 0) is 35.4 Å². The smallest absolute Gasteiger partial charge is 0.136 e.